The van der Waals surface area contributed by atoms with Gasteiger partial charge in [-0.2, -0.15) is 0 Å². The summed E-state index contributed by atoms with van der Waals surface area (Å²) in [6.07, 6.45) is 0. The van der Waals surface area contributed by atoms with Gasteiger partial charge in [-0.05, 0) is 24.7 Å². The number of nitrogens with two attached hydrogens (primary N) is 1. The number of aryl methyl sites for hydroxylation is 1. The molecule has 2 aromatic rings. The molecule has 0 radical (unpaired) electrons. The maximum absolute atomic E-state index is 5.85. The molecule has 0 amide bonds. The summed E-state index contributed by atoms with van der Waals surface area (Å²) >= 11 is 0. The minimum Gasteiger partial charge on any atom is -0.346 e. The highest BCUT2D eigenvalue weighted by Crippen LogP contribution is 2.23. The summed E-state index contributed by atoms with van der Waals surface area (Å²) in [5.74, 6) is 0. The van der Waals surface area contributed by atoms with E-state index in [-0.39, 0.29) is 0 Å². The van der Waals surface area contributed by atoms with Crippen molar-refractivity contribution in [1.82, 2.24) is 14.4 Å². The van der Waals surface area contributed by atoms with E-state index in [0.717, 1.165) is 32.7 Å². The van der Waals surface area contributed by atoms with Gasteiger partial charge in [-0.15, -0.1) is 0 Å². The highest BCUT2D eigenvalue weighted by Gasteiger charge is 2.16. The number of aromatic nitrogens is 1. The van der Waals surface area contributed by atoms with Crippen LogP contribution in [0.3, 0.4) is 0 Å². The molecule has 1 aliphatic heterocycles. The maximum Gasteiger partial charge on any atom is 0.0483 e. The second kappa shape index (κ2) is 5.56. The van der Waals surface area contributed by atoms with E-state index in [1.54, 1.807) is 0 Å². The van der Waals surface area contributed by atoms with Crippen LogP contribution in [0.2, 0.25) is 0 Å². The molecule has 108 valence electrons. The molecule has 2 N–H and O–H groups in total. The van der Waals surface area contributed by atoms with Crippen molar-refractivity contribution in [1.29, 1.82) is 0 Å². The molecule has 0 bridgehead atoms. The lowest BCUT2D eigenvalue weighted by Gasteiger charge is -2.32. The fourth-order valence-corrected chi connectivity index (χ4v) is 3.04. The third kappa shape index (κ3) is 2.46. The number of benzene rings is 1. The molecule has 3 rings (SSSR count). The van der Waals surface area contributed by atoms with E-state index in [9.17, 15) is 0 Å². The number of rotatable bonds is 3. The summed E-state index contributed by atoms with van der Waals surface area (Å²) in [6, 6.07) is 8.73. The van der Waals surface area contributed by atoms with Crippen LogP contribution in [-0.4, -0.2) is 47.6 Å². The Hall–Kier alpha value is -1.36. The Balaban J connectivity index is 1.86. The SMILES string of the molecule is CN1CCN(Cc2cc3c(CN)cccc3n2C)CC1. The Labute approximate surface area is 120 Å². The van der Waals surface area contributed by atoms with E-state index in [1.807, 2.05) is 0 Å². The number of piperazine rings is 1. The molecule has 0 unspecified atom stereocenters. The molecule has 2 heterocycles. The van der Waals surface area contributed by atoms with Crippen LogP contribution in [-0.2, 0) is 20.1 Å². The molecule has 1 fully saturated rings. The summed E-state index contributed by atoms with van der Waals surface area (Å²) in [4.78, 5) is 4.93. The average Bonchev–Trinajstić information content (AvgIpc) is 2.78. The van der Waals surface area contributed by atoms with Crippen molar-refractivity contribution >= 4 is 10.9 Å². The Bertz CT molecular complexity index is 594. The van der Waals surface area contributed by atoms with Gasteiger partial charge in [0.1, 0.15) is 0 Å². The largest absolute Gasteiger partial charge is 0.346 e. The van der Waals surface area contributed by atoms with Gasteiger partial charge in [0.05, 0.1) is 0 Å². The first kappa shape index (κ1) is 13.6. The summed E-state index contributed by atoms with van der Waals surface area (Å²) in [5.41, 5.74) is 9.76. The number of hydrogen-bond acceptors (Lipinski definition) is 3. The first-order valence-electron chi connectivity index (χ1n) is 7.36. The van der Waals surface area contributed by atoms with Crippen LogP contribution < -0.4 is 5.73 Å². The van der Waals surface area contributed by atoms with E-state index < -0.39 is 0 Å². The van der Waals surface area contributed by atoms with Crippen LogP contribution in [0.4, 0.5) is 0 Å². The van der Waals surface area contributed by atoms with Crippen molar-refractivity contribution < 1.29 is 0 Å². The molecule has 0 aliphatic carbocycles. The third-order valence-corrected chi connectivity index (χ3v) is 4.48. The molecule has 1 aromatic heterocycles. The zero-order valence-corrected chi connectivity index (χ0v) is 12.5. The first-order valence-corrected chi connectivity index (χ1v) is 7.36. The summed E-state index contributed by atoms with van der Waals surface area (Å²) in [5, 5.41) is 1.31. The van der Waals surface area contributed by atoms with Gasteiger partial charge < -0.3 is 15.2 Å². The number of nitrogens with zero attached hydrogens (tertiary/aromatic N) is 3. The zero-order valence-electron chi connectivity index (χ0n) is 12.5. The molecule has 0 atom stereocenters. The Morgan fingerprint density at radius 1 is 1.10 bits per heavy atom. The number of hydrogen-bond donors (Lipinski definition) is 1. The van der Waals surface area contributed by atoms with Gasteiger partial charge in [0.25, 0.3) is 0 Å². The minimum atomic E-state index is 0.606. The molecule has 0 saturated carbocycles. The van der Waals surface area contributed by atoms with Crippen molar-refractivity contribution in [3.8, 4) is 0 Å². The van der Waals surface area contributed by atoms with E-state index in [2.05, 4.69) is 52.7 Å². The van der Waals surface area contributed by atoms with Crippen molar-refractivity contribution in [3.05, 3.63) is 35.5 Å². The van der Waals surface area contributed by atoms with Gasteiger partial charge in [-0.1, -0.05) is 12.1 Å². The Kier molecular flexibility index (Phi) is 3.78. The molecule has 1 saturated heterocycles. The quantitative estimate of drug-likeness (QED) is 0.917. The topological polar surface area (TPSA) is 37.4 Å². The van der Waals surface area contributed by atoms with Gasteiger partial charge >= 0.3 is 0 Å². The van der Waals surface area contributed by atoms with Crippen molar-refractivity contribution in [2.75, 3.05) is 33.2 Å². The monoisotopic (exact) mass is 272 g/mol. The highest BCUT2D eigenvalue weighted by atomic mass is 15.2. The second-order valence-corrected chi connectivity index (χ2v) is 5.83. The predicted octanol–water partition coefficient (Wildman–Crippen LogP) is 1.38. The lowest BCUT2D eigenvalue weighted by molar-refractivity contribution is 0.146. The second-order valence-electron chi connectivity index (χ2n) is 5.83. The van der Waals surface area contributed by atoms with Crippen molar-refractivity contribution in [2.24, 2.45) is 12.8 Å². The lowest BCUT2D eigenvalue weighted by atomic mass is 10.1. The predicted molar refractivity (Wildman–Crippen MR) is 83.6 cm³/mol. The molecule has 1 aromatic carbocycles. The fraction of sp³-hybridized carbons (Fsp3) is 0.500. The standard InChI is InChI=1S/C16H24N4/c1-18-6-8-20(9-7-18)12-14-10-15-13(11-17)4-3-5-16(15)19(14)2/h3-5,10H,6-9,11-12,17H2,1-2H3. The van der Waals surface area contributed by atoms with Crippen LogP contribution in [0, 0.1) is 0 Å². The average molecular weight is 272 g/mol. The van der Waals surface area contributed by atoms with Crippen LogP contribution in [0.5, 0.6) is 0 Å². The van der Waals surface area contributed by atoms with Crippen LogP contribution >= 0.6 is 0 Å². The van der Waals surface area contributed by atoms with Gasteiger partial charge in [0.2, 0.25) is 0 Å². The maximum atomic E-state index is 5.85. The van der Waals surface area contributed by atoms with Gasteiger partial charge in [-0.25, -0.2) is 0 Å². The summed E-state index contributed by atoms with van der Waals surface area (Å²) < 4.78 is 2.31. The number of likely N-dealkylation sites (N-methyl/N-ethyl adjacent to an activating group) is 1. The normalized spacial score (nSPS) is 17.9. The summed E-state index contributed by atoms with van der Waals surface area (Å²) in [6.45, 7) is 6.28. The minimum absolute atomic E-state index is 0.606. The molecule has 1 aliphatic rings. The molecule has 4 heteroatoms. The third-order valence-electron chi connectivity index (χ3n) is 4.48. The lowest BCUT2D eigenvalue weighted by Crippen LogP contribution is -2.44. The fourth-order valence-electron chi connectivity index (χ4n) is 3.04. The van der Waals surface area contributed by atoms with Crippen LogP contribution in [0.1, 0.15) is 11.3 Å². The molecular formula is C16H24N4. The van der Waals surface area contributed by atoms with Crippen molar-refractivity contribution in [2.45, 2.75) is 13.1 Å². The van der Waals surface area contributed by atoms with Crippen LogP contribution in [0.25, 0.3) is 10.9 Å². The van der Waals surface area contributed by atoms with Crippen molar-refractivity contribution in [3.63, 3.8) is 0 Å². The molecule has 0 spiro atoms. The highest BCUT2D eigenvalue weighted by molar-refractivity contribution is 5.84. The zero-order chi connectivity index (χ0) is 14.1. The Morgan fingerprint density at radius 3 is 2.55 bits per heavy atom. The molecular weight excluding hydrogens is 248 g/mol. The van der Waals surface area contributed by atoms with E-state index in [0.29, 0.717) is 6.54 Å². The molecule has 20 heavy (non-hydrogen) atoms. The Morgan fingerprint density at radius 2 is 1.85 bits per heavy atom. The summed E-state index contributed by atoms with van der Waals surface area (Å²) in [7, 11) is 4.36. The van der Waals surface area contributed by atoms with Crippen LogP contribution in [0.15, 0.2) is 24.3 Å². The smallest absolute Gasteiger partial charge is 0.0483 e. The van der Waals surface area contributed by atoms with E-state index >= 15 is 0 Å². The van der Waals surface area contributed by atoms with Gasteiger partial charge in [0.15, 0.2) is 0 Å². The van der Waals surface area contributed by atoms with E-state index in [4.69, 9.17) is 5.73 Å². The number of fused-ring (bicyclic) bond motifs is 1. The van der Waals surface area contributed by atoms with Gasteiger partial charge in [-0.3, -0.25) is 4.90 Å². The van der Waals surface area contributed by atoms with E-state index in [1.165, 1.54) is 22.2 Å². The molecule has 4 nitrogen and oxygen atoms in total. The van der Waals surface area contributed by atoms with Gasteiger partial charge in [0, 0.05) is 62.9 Å². The first-order chi connectivity index (χ1) is 9.69.